The number of imide groups is 1. The monoisotopic (exact) mass is 339 g/mol. The molecule has 7 nitrogen and oxygen atoms in total. The van der Waals surface area contributed by atoms with E-state index in [1.165, 1.54) is 24.3 Å². The predicted molar refractivity (Wildman–Crippen MR) is 88.1 cm³/mol. The first kappa shape index (κ1) is 19.6. The Labute approximate surface area is 140 Å². The van der Waals surface area contributed by atoms with Crippen LogP contribution < -0.4 is 20.9 Å². The van der Waals surface area contributed by atoms with Crippen molar-refractivity contribution in [3.63, 3.8) is 0 Å². The summed E-state index contributed by atoms with van der Waals surface area (Å²) in [5.74, 6) is -1.18. The molecular formula is C16H24FN4O3+. The van der Waals surface area contributed by atoms with Crippen LogP contribution in [0.4, 0.5) is 14.9 Å². The lowest BCUT2D eigenvalue weighted by atomic mass is 10.1. The Morgan fingerprint density at radius 1 is 1.04 bits per heavy atom. The predicted octanol–water partition coefficient (Wildman–Crippen LogP) is -0.0968. The maximum Gasteiger partial charge on any atom is 0.322 e. The molecule has 0 aliphatic heterocycles. The Morgan fingerprint density at radius 2 is 1.58 bits per heavy atom. The second-order valence-corrected chi connectivity index (χ2v) is 6.62. The minimum atomic E-state index is -0.573. The highest BCUT2D eigenvalue weighted by molar-refractivity contribution is 5.95. The molecule has 4 amide bonds. The molecule has 1 aromatic carbocycles. The topological polar surface area (TPSA) is 91.7 Å². The van der Waals surface area contributed by atoms with Gasteiger partial charge in [-0.15, -0.1) is 0 Å². The van der Waals surface area contributed by atoms with Gasteiger partial charge in [0.05, 0.1) is 7.05 Å². The molecule has 0 radical (unpaired) electrons. The van der Waals surface area contributed by atoms with Crippen molar-refractivity contribution >= 4 is 23.5 Å². The number of urea groups is 1. The van der Waals surface area contributed by atoms with Crippen LogP contribution in [-0.4, -0.2) is 43.5 Å². The molecule has 0 aliphatic rings. The van der Waals surface area contributed by atoms with Crippen molar-refractivity contribution in [2.75, 3.05) is 25.5 Å². The van der Waals surface area contributed by atoms with Crippen LogP contribution in [0.15, 0.2) is 24.3 Å². The Kier molecular flexibility index (Phi) is 6.84. The normalized spacial score (nSPS) is 12.2. The van der Waals surface area contributed by atoms with E-state index in [4.69, 9.17) is 0 Å². The molecule has 1 aromatic rings. The fourth-order valence-electron chi connectivity index (χ4n) is 1.89. The summed E-state index contributed by atoms with van der Waals surface area (Å²) < 4.78 is 12.8. The van der Waals surface area contributed by atoms with Gasteiger partial charge < -0.3 is 15.5 Å². The fraction of sp³-hybridized carbons (Fsp3) is 0.438. The van der Waals surface area contributed by atoms with Crippen LogP contribution in [0.1, 0.15) is 20.8 Å². The van der Waals surface area contributed by atoms with E-state index in [-0.39, 0.29) is 24.8 Å². The van der Waals surface area contributed by atoms with Gasteiger partial charge in [0, 0.05) is 11.2 Å². The van der Waals surface area contributed by atoms with Gasteiger partial charge in [-0.05, 0) is 45.0 Å². The van der Waals surface area contributed by atoms with Crippen molar-refractivity contribution in [3.8, 4) is 0 Å². The Morgan fingerprint density at radius 3 is 2.12 bits per heavy atom. The van der Waals surface area contributed by atoms with Crippen LogP contribution in [0.2, 0.25) is 0 Å². The molecule has 1 rings (SSSR count). The lowest BCUT2D eigenvalue weighted by Gasteiger charge is -2.20. The molecule has 4 N–H and O–H groups in total. The SMILES string of the molecule is C[NH+](CC(=O)NC(=O)NC(C)(C)C)CC(=O)Nc1ccc(F)cc1. The average Bonchev–Trinajstić information content (AvgIpc) is 2.38. The molecule has 0 aromatic heterocycles. The zero-order valence-electron chi connectivity index (χ0n) is 14.3. The molecule has 24 heavy (non-hydrogen) atoms. The lowest BCUT2D eigenvalue weighted by Crippen LogP contribution is -3.11. The first-order chi connectivity index (χ1) is 11.0. The number of quaternary nitrogens is 1. The quantitative estimate of drug-likeness (QED) is 0.604. The molecule has 132 valence electrons. The van der Waals surface area contributed by atoms with Gasteiger partial charge in [0.1, 0.15) is 5.82 Å². The van der Waals surface area contributed by atoms with Gasteiger partial charge >= 0.3 is 6.03 Å². The van der Waals surface area contributed by atoms with Crippen LogP contribution in [0.3, 0.4) is 0 Å². The zero-order valence-corrected chi connectivity index (χ0v) is 14.3. The molecule has 0 bridgehead atoms. The summed E-state index contributed by atoms with van der Waals surface area (Å²) in [4.78, 5) is 35.8. The van der Waals surface area contributed by atoms with Crippen LogP contribution in [-0.2, 0) is 9.59 Å². The van der Waals surface area contributed by atoms with Crippen molar-refractivity contribution in [2.45, 2.75) is 26.3 Å². The maximum absolute atomic E-state index is 12.8. The zero-order chi connectivity index (χ0) is 18.3. The van der Waals surface area contributed by atoms with Gasteiger partial charge in [-0.2, -0.15) is 0 Å². The van der Waals surface area contributed by atoms with E-state index in [0.717, 1.165) is 0 Å². The molecular weight excluding hydrogens is 315 g/mol. The van der Waals surface area contributed by atoms with E-state index in [1.54, 1.807) is 27.8 Å². The number of hydrogen-bond donors (Lipinski definition) is 4. The number of benzene rings is 1. The first-order valence-electron chi connectivity index (χ1n) is 7.54. The van der Waals surface area contributed by atoms with E-state index in [1.807, 2.05) is 0 Å². The second-order valence-electron chi connectivity index (χ2n) is 6.62. The lowest BCUT2D eigenvalue weighted by molar-refractivity contribution is -0.862. The highest BCUT2D eigenvalue weighted by Crippen LogP contribution is 2.07. The van der Waals surface area contributed by atoms with Crippen molar-refractivity contribution in [1.82, 2.24) is 10.6 Å². The molecule has 0 aliphatic carbocycles. The second kappa shape index (κ2) is 8.39. The summed E-state index contributed by atoms with van der Waals surface area (Å²) in [7, 11) is 1.66. The van der Waals surface area contributed by atoms with E-state index in [0.29, 0.717) is 10.6 Å². The smallest absolute Gasteiger partial charge is 0.322 e. The van der Waals surface area contributed by atoms with Gasteiger partial charge in [-0.3, -0.25) is 14.9 Å². The molecule has 1 atom stereocenters. The molecule has 8 heteroatoms. The van der Waals surface area contributed by atoms with E-state index < -0.39 is 17.5 Å². The highest BCUT2D eigenvalue weighted by atomic mass is 19.1. The molecule has 0 heterocycles. The largest absolute Gasteiger partial charge is 0.333 e. The maximum atomic E-state index is 12.8. The van der Waals surface area contributed by atoms with Crippen molar-refractivity contribution in [1.29, 1.82) is 0 Å². The number of carbonyl (C=O) groups is 3. The molecule has 0 saturated heterocycles. The number of likely N-dealkylation sites (N-methyl/N-ethyl adjacent to an activating group) is 1. The molecule has 0 spiro atoms. The number of anilines is 1. The van der Waals surface area contributed by atoms with Crippen LogP contribution in [0.25, 0.3) is 0 Å². The van der Waals surface area contributed by atoms with E-state index in [2.05, 4.69) is 16.0 Å². The number of halogens is 1. The Balaban J connectivity index is 2.37. The van der Waals surface area contributed by atoms with Crippen molar-refractivity contribution in [2.24, 2.45) is 0 Å². The van der Waals surface area contributed by atoms with E-state index >= 15 is 0 Å². The van der Waals surface area contributed by atoms with Gasteiger partial charge in [0.25, 0.3) is 11.8 Å². The summed E-state index contributed by atoms with van der Waals surface area (Å²) in [6, 6.07) is 4.81. The van der Waals surface area contributed by atoms with Crippen LogP contribution in [0.5, 0.6) is 0 Å². The van der Waals surface area contributed by atoms with E-state index in [9.17, 15) is 18.8 Å². The number of hydrogen-bond acceptors (Lipinski definition) is 3. The molecule has 0 fully saturated rings. The minimum absolute atomic E-state index is 0.0333. The standard InChI is InChI=1S/C16H23FN4O3/c1-16(2,3)20-15(24)19-14(23)10-21(4)9-13(22)18-12-7-5-11(17)6-8-12/h5-8H,9-10H2,1-4H3,(H,18,22)(H2,19,20,23,24)/p+1. The van der Waals surface area contributed by atoms with Gasteiger partial charge in [-0.1, -0.05) is 0 Å². The first-order valence-corrected chi connectivity index (χ1v) is 7.54. The summed E-state index contributed by atoms with van der Waals surface area (Å²) >= 11 is 0. The number of amides is 4. The minimum Gasteiger partial charge on any atom is -0.333 e. The summed E-state index contributed by atoms with van der Waals surface area (Å²) in [5, 5.41) is 7.43. The number of carbonyl (C=O) groups excluding carboxylic acids is 3. The number of rotatable bonds is 5. The fourth-order valence-corrected chi connectivity index (χ4v) is 1.89. The van der Waals surface area contributed by atoms with Crippen molar-refractivity contribution < 1.29 is 23.7 Å². The van der Waals surface area contributed by atoms with Crippen LogP contribution >= 0.6 is 0 Å². The summed E-state index contributed by atoms with van der Waals surface area (Å²) in [6.07, 6.45) is 0. The summed E-state index contributed by atoms with van der Waals surface area (Å²) in [5.41, 5.74) is 0.0289. The highest BCUT2D eigenvalue weighted by Gasteiger charge is 2.19. The Hall–Kier alpha value is -2.48. The average molecular weight is 339 g/mol. The third kappa shape index (κ3) is 8.23. The van der Waals surface area contributed by atoms with Crippen molar-refractivity contribution in [3.05, 3.63) is 30.1 Å². The third-order valence-electron chi connectivity index (χ3n) is 2.79. The molecule has 0 saturated carbocycles. The van der Waals surface area contributed by atoms with Gasteiger partial charge in [0.15, 0.2) is 13.1 Å². The Bertz CT molecular complexity index is 596. The van der Waals surface area contributed by atoms with Gasteiger partial charge in [0.2, 0.25) is 0 Å². The van der Waals surface area contributed by atoms with Crippen LogP contribution in [0, 0.1) is 5.82 Å². The summed E-state index contributed by atoms with van der Waals surface area (Å²) in [6.45, 7) is 5.40. The van der Waals surface area contributed by atoms with Gasteiger partial charge in [-0.25, -0.2) is 9.18 Å². The molecule has 1 unspecified atom stereocenters. The number of nitrogens with one attached hydrogen (secondary N) is 4. The third-order valence-corrected chi connectivity index (χ3v) is 2.79.